The van der Waals surface area contributed by atoms with Gasteiger partial charge in [-0.3, -0.25) is 0 Å². The fraction of sp³-hybridized carbons (Fsp3) is 1.00. The largest absolute Gasteiger partial charge is 0.379 e. The van der Waals surface area contributed by atoms with Crippen LogP contribution in [-0.4, -0.2) is 31.8 Å². The highest BCUT2D eigenvalue weighted by molar-refractivity contribution is 6.17. The molecule has 0 aromatic carbocycles. The zero-order valence-corrected chi connectivity index (χ0v) is 18.7. The van der Waals surface area contributed by atoms with Gasteiger partial charge in [0.1, 0.15) is 0 Å². The van der Waals surface area contributed by atoms with Gasteiger partial charge < -0.3 is 9.47 Å². The first-order chi connectivity index (χ1) is 12.8. The summed E-state index contributed by atoms with van der Waals surface area (Å²) in [6.07, 6.45) is 21.4. The highest BCUT2D eigenvalue weighted by Crippen LogP contribution is 2.12. The van der Waals surface area contributed by atoms with Gasteiger partial charge in [-0.1, -0.05) is 90.9 Å². The molecular formula is C23H47ClO2. The quantitative estimate of drug-likeness (QED) is 0.138. The Morgan fingerprint density at radius 3 is 1.58 bits per heavy atom. The van der Waals surface area contributed by atoms with E-state index in [9.17, 15) is 0 Å². The standard InChI is InChI=1S/C23H47ClO2/c1-3-5-21-26-23(4-2)22-25-20-18-16-14-12-10-8-6-7-9-11-13-15-17-19-24/h23H,3-22H2,1-2H3. The zero-order valence-electron chi connectivity index (χ0n) is 17.9. The first-order valence-electron chi connectivity index (χ1n) is 11.6. The Morgan fingerprint density at radius 1 is 0.615 bits per heavy atom. The first-order valence-corrected chi connectivity index (χ1v) is 12.1. The molecule has 0 heterocycles. The molecule has 0 rings (SSSR count). The van der Waals surface area contributed by atoms with Crippen LogP contribution in [0.2, 0.25) is 0 Å². The summed E-state index contributed by atoms with van der Waals surface area (Å²) in [6, 6.07) is 0. The molecule has 0 aromatic rings. The van der Waals surface area contributed by atoms with E-state index in [-0.39, 0.29) is 0 Å². The number of unbranched alkanes of at least 4 members (excludes halogenated alkanes) is 13. The SMILES string of the molecule is CCCCOC(CC)COCCCCCCCCCCCCCCCCl. The lowest BCUT2D eigenvalue weighted by molar-refractivity contribution is -0.0197. The molecule has 26 heavy (non-hydrogen) atoms. The van der Waals surface area contributed by atoms with Crippen LogP contribution >= 0.6 is 11.6 Å². The minimum absolute atomic E-state index is 0.293. The third-order valence-corrected chi connectivity index (χ3v) is 5.30. The highest BCUT2D eigenvalue weighted by Gasteiger charge is 2.05. The van der Waals surface area contributed by atoms with E-state index in [1.807, 2.05) is 0 Å². The lowest BCUT2D eigenvalue weighted by Gasteiger charge is -2.16. The molecule has 0 aromatic heterocycles. The second kappa shape index (κ2) is 23.2. The maximum Gasteiger partial charge on any atom is 0.0805 e. The first kappa shape index (κ1) is 26.2. The van der Waals surface area contributed by atoms with E-state index < -0.39 is 0 Å². The number of hydrogen-bond acceptors (Lipinski definition) is 2. The van der Waals surface area contributed by atoms with Gasteiger partial charge in [0, 0.05) is 19.1 Å². The maximum absolute atomic E-state index is 5.83. The van der Waals surface area contributed by atoms with Crippen molar-refractivity contribution in [3.63, 3.8) is 0 Å². The minimum Gasteiger partial charge on any atom is -0.379 e. The van der Waals surface area contributed by atoms with Crippen molar-refractivity contribution in [3.05, 3.63) is 0 Å². The summed E-state index contributed by atoms with van der Waals surface area (Å²) in [4.78, 5) is 0. The van der Waals surface area contributed by atoms with Crippen LogP contribution in [0.25, 0.3) is 0 Å². The second-order valence-electron chi connectivity index (χ2n) is 7.61. The monoisotopic (exact) mass is 390 g/mol. The molecule has 0 fully saturated rings. The zero-order chi connectivity index (χ0) is 19.1. The third kappa shape index (κ3) is 20.5. The summed E-state index contributed by atoms with van der Waals surface area (Å²) in [6.45, 7) is 6.93. The predicted octanol–water partition coefficient (Wildman–Crippen LogP) is 7.91. The average molecular weight is 391 g/mol. The van der Waals surface area contributed by atoms with Crippen LogP contribution in [0.15, 0.2) is 0 Å². The molecule has 158 valence electrons. The van der Waals surface area contributed by atoms with E-state index >= 15 is 0 Å². The molecule has 0 aliphatic rings. The number of halogens is 1. The van der Waals surface area contributed by atoms with Crippen molar-refractivity contribution in [1.82, 2.24) is 0 Å². The number of hydrogen-bond donors (Lipinski definition) is 0. The Hall–Kier alpha value is 0.210. The summed E-state index contributed by atoms with van der Waals surface area (Å²) < 4.78 is 11.6. The van der Waals surface area contributed by atoms with Crippen molar-refractivity contribution in [1.29, 1.82) is 0 Å². The molecule has 0 amide bonds. The van der Waals surface area contributed by atoms with E-state index in [4.69, 9.17) is 21.1 Å². The average Bonchev–Trinajstić information content (AvgIpc) is 2.66. The van der Waals surface area contributed by atoms with Gasteiger partial charge in [0.25, 0.3) is 0 Å². The van der Waals surface area contributed by atoms with E-state index in [2.05, 4.69) is 13.8 Å². The van der Waals surface area contributed by atoms with Crippen molar-refractivity contribution in [2.45, 2.75) is 123 Å². The molecule has 0 saturated carbocycles. The van der Waals surface area contributed by atoms with Crippen molar-refractivity contribution < 1.29 is 9.47 Å². The van der Waals surface area contributed by atoms with Gasteiger partial charge in [-0.25, -0.2) is 0 Å². The lowest BCUT2D eigenvalue weighted by atomic mass is 10.0. The molecule has 0 bridgehead atoms. The normalized spacial score (nSPS) is 12.6. The van der Waals surface area contributed by atoms with Gasteiger partial charge in [-0.2, -0.15) is 0 Å². The summed E-state index contributed by atoms with van der Waals surface area (Å²) in [5.74, 6) is 0.832. The Morgan fingerprint density at radius 2 is 1.12 bits per heavy atom. The van der Waals surface area contributed by atoms with Crippen LogP contribution in [0, 0.1) is 0 Å². The van der Waals surface area contributed by atoms with E-state index in [0.717, 1.165) is 38.5 Å². The van der Waals surface area contributed by atoms with Crippen molar-refractivity contribution >= 4 is 11.6 Å². The smallest absolute Gasteiger partial charge is 0.0805 e. The summed E-state index contributed by atoms with van der Waals surface area (Å²) in [7, 11) is 0. The van der Waals surface area contributed by atoms with Crippen molar-refractivity contribution in [3.8, 4) is 0 Å². The molecule has 0 aliphatic carbocycles. The van der Waals surface area contributed by atoms with Crippen LogP contribution in [0.3, 0.4) is 0 Å². The lowest BCUT2D eigenvalue weighted by Crippen LogP contribution is -2.20. The Labute approximate surface area is 169 Å². The van der Waals surface area contributed by atoms with Gasteiger partial charge in [-0.15, -0.1) is 11.6 Å². The van der Waals surface area contributed by atoms with Crippen LogP contribution < -0.4 is 0 Å². The predicted molar refractivity (Wildman–Crippen MR) is 116 cm³/mol. The topological polar surface area (TPSA) is 18.5 Å². The summed E-state index contributed by atoms with van der Waals surface area (Å²) in [5.41, 5.74) is 0. The van der Waals surface area contributed by atoms with Gasteiger partial charge in [0.05, 0.1) is 12.7 Å². The number of ether oxygens (including phenoxy) is 2. The molecule has 0 spiro atoms. The molecule has 0 N–H and O–H groups in total. The maximum atomic E-state index is 5.83. The minimum atomic E-state index is 0.293. The fourth-order valence-corrected chi connectivity index (χ4v) is 3.33. The van der Waals surface area contributed by atoms with E-state index in [1.165, 1.54) is 89.9 Å². The number of alkyl halides is 1. The van der Waals surface area contributed by atoms with E-state index in [0.29, 0.717) is 6.10 Å². The Bertz CT molecular complexity index is 248. The Balaban J connectivity index is 3.14. The molecule has 1 unspecified atom stereocenters. The molecule has 1 atom stereocenters. The molecule has 3 heteroatoms. The van der Waals surface area contributed by atoms with Crippen molar-refractivity contribution in [2.75, 3.05) is 25.7 Å². The van der Waals surface area contributed by atoms with Gasteiger partial charge in [-0.05, 0) is 25.7 Å². The Kier molecular flexibility index (Phi) is 23.4. The van der Waals surface area contributed by atoms with E-state index in [1.54, 1.807) is 0 Å². The summed E-state index contributed by atoms with van der Waals surface area (Å²) in [5, 5.41) is 0. The molecule has 0 radical (unpaired) electrons. The van der Waals surface area contributed by atoms with Gasteiger partial charge >= 0.3 is 0 Å². The van der Waals surface area contributed by atoms with Crippen LogP contribution in [0.5, 0.6) is 0 Å². The highest BCUT2D eigenvalue weighted by atomic mass is 35.5. The van der Waals surface area contributed by atoms with Gasteiger partial charge in [0.2, 0.25) is 0 Å². The third-order valence-electron chi connectivity index (χ3n) is 5.03. The van der Waals surface area contributed by atoms with Crippen LogP contribution in [-0.2, 0) is 9.47 Å². The molecular weight excluding hydrogens is 344 g/mol. The van der Waals surface area contributed by atoms with Crippen LogP contribution in [0.1, 0.15) is 117 Å². The van der Waals surface area contributed by atoms with Crippen LogP contribution in [0.4, 0.5) is 0 Å². The fourth-order valence-electron chi connectivity index (χ4n) is 3.14. The van der Waals surface area contributed by atoms with Gasteiger partial charge in [0.15, 0.2) is 0 Å². The second-order valence-corrected chi connectivity index (χ2v) is 7.99. The molecule has 2 nitrogen and oxygen atoms in total. The molecule has 0 aliphatic heterocycles. The molecule has 0 saturated heterocycles. The van der Waals surface area contributed by atoms with Crippen molar-refractivity contribution in [2.24, 2.45) is 0 Å². The number of rotatable bonds is 22. The summed E-state index contributed by atoms with van der Waals surface area (Å²) >= 11 is 5.69.